The van der Waals surface area contributed by atoms with Gasteiger partial charge < -0.3 is 14.7 Å². The lowest BCUT2D eigenvalue weighted by atomic mass is 10.5. The third-order valence-electron chi connectivity index (χ3n) is 1.32. The fourth-order valence-corrected chi connectivity index (χ4v) is 3.13. The van der Waals surface area contributed by atoms with E-state index in [1.807, 2.05) is 5.48 Å². The summed E-state index contributed by atoms with van der Waals surface area (Å²) in [7, 11) is -9.00. The molecule has 0 saturated carbocycles. The Labute approximate surface area is 90.9 Å². The minimum absolute atomic E-state index is 0.155. The first-order valence-electron chi connectivity index (χ1n) is 4.00. The van der Waals surface area contributed by atoms with Crippen LogP contribution in [-0.2, 0) is 13.8 Å². The van der Waals surface area contributed by atoms with Crippen molar-refractivity contribution in [1.29, 1.82) is 0 Å². The molecule has 0 aliphatic heterocycles. The second-order valence-corrected chi connectivity index (χ2v) is 6.77. The van der Waals surface area contributed by atoms with E-state index in [-0.39, 0.29) is 5.82 Å². The molecular weight excluding hydrogens is 258 g/mol. The number of pyridine rings is 1. The summed E-state index contributed by atoms with van der Waals surface area (Å²) in [4.78, 5) is 29.8. The van der Waals surface area contributed by atoms with Gasteiger partial charge in [-0.15, -0.1) is 0 Å². The average Bonchev–Trinajstić information content (AvgIpc) is 2.13. The number of hydrogen-bond acceptors (Lipinski definition) is 5. The highest BCUT2D eigenvalue weighted by atomic mass is 31.2. The molecule has 0 saturated heterocycles. The maximum atomic E-state index is 11.2. The van der Waals surface area contributed by atoms with Crippen LogP contribution < -0.4 is 5.48 Å². The van der Waals surface area contributed by atoms with Crippen molar-refractivity contribution in [2.24, 2.45) is 0 Å². The van der Waals surface area contributed by atoms with Gasteiger partial charge in [0.1, 0.15) is 5.82 Å². The van der Waals surface area contributed by atoms with Crippen LogP contribution in [0.2, 0.25) is 0 Å². The van der Waals surface area contributed by atoms with Crippen LogP contribution >= 0.6 is 15.2 Å². The second-order valence-electron chi connectivity index (χ2n) is 2.85. The Balaban J connectivity index is 2.55. The summed E-state index contributed by atoms with van der Waals surface area (Å²) < 4.78 is 25.9. The van der Waals surface area contributed by atoms with E-state index in [9.17, 15) is 9.13 Å². The number of nitrogens with one attached hydrogen (secondary N) is 1. The van der Waals surface area contributed by atoms with Gasteiger partial charge in [0.25, 0.3) is 0 Å². The molecule has 1 aromatic rings. The van der Waals surface area contributed by atoms with E-state index < -0.39 is 21.1 Å². The predicted octanol–water partition coefficient (Wildman–Crippen LogP) is 0.746. The Morgan fingerprint density at radius 2 is 2.00 bits per heavy atom. The van der Waals surface area contributed by atoms with Crippen LogP contribution in [-0.4, -0.2) is 25.6 Å². The Kier molecular flexibility index (Phi) is 4.21. The summed E-state index contributed by atoms with van der Waals surface area (Å²) in [6, 6.07) is 4.68. The molecule has 1 aromatic heterocycles. The fraction of sp³-hybridized carbons (Fsp3) is 0.167. The fourth-order valence-electron chi connectivity index (χ4n) is 0.803. The van der Waals surface area contributed by atoms with Crippen LogP contribution in [0.4, 0.5) is 5.82 Å². The van der Waals surface area contributed by atoms with Crippen molar-refractivity contribution in [3.63, 3.8) is 0 Å². The molecule has 1 atom stereocenters. The van der Waals surface area contributed by atoms with Crippen molar-refractivity contribution < 1.29 is 28.4 Å². The minimum atomic E-state index is -4.61. The molecule has 0 fully saturated rings. The Hall–Kier alpha value is -0.750. The van der Waals surface area contributed by atoms with E-state index in [0.717, 1.165) is 0 Å². The lowest BCUT2D eigenvalue weighted by Gasteiger charge is -2.12. The zero-order chi connectivity index (χ0) is 12.2. The largest absolute Gasteiger partial charge is 0.361 e. The van der Waals surface area contributed by atoms with Crippen LogP contribution in [0.1, 0.15) is 0 Å². The summed E-state index contributed by atoms with van der Waals surface area (Å²) in [5, 5.41) is 0. The van der Waals surface area contributed by atoms with Crippen LogP contribution in [0.25, 0.3) is 0 Å². The van der Waals surface area contributed by atoms with Crippen molar-refractivity contribution in [3.8, 4) is 0 Å². The van der Waals surface area contributed by atoms with E-state index >= 15 is 0 Å². The summed E-state index contributed by atoms with van der Waals surface area (Å²) in [5.74, 6) is -1.10. The van der Waals surface area contributed by atoms with Crippen LogP contribution in [0.5, 0.6) is 0 Å². The van der Waals surface area contributed by atoms with Crippen molar-refractivity contribution in [2.45, 2.75) is 0 Å². The van der Waals surface area contributed by atoms with Crippen molar-refractivity contribution in [3.05, 3.63) is 24.4 Å². The molecule has 16 heavy (non-hydrogen) atoms. The topological polar surface area (TPSA) is 129 Å². The molecule has 4 N–H and O–H groups in total. The van der Waals surface area contributed by atoms with Gasteiger partial charge in [-0.25, -0.2) is 10.5 Å². The zero-order valence-corrected chi connectivity index (χ0v) is 9.71. The van der Waals surface area contributed by atoms with Crippen molar-refractivity contribution in [2.75, 3.05) is 11.4 Å². The van der Waals surface area contributed by atoms with Gasteiger partial charge in [-0.05, 0) is 12.1 Å². The highest BCUT2D eigenvalue weighted by Gasteiger charge is 2.31. The van der Waals surface area contributed by atoms with Gasteiger partial charge in [0.05, 0.1) is 0 Å². The quantitative estimate of drug-likeness (QED) is 0.454. The molecule has 1 heterocycles. The van der Waals surface area contributed by atoms with E-state index in [1.54, 1.807) is 12.1 Å². The highest BCUT2D eigenvalue weighted by molar-refractivity contribution is 7.70. The maximum Gasteiger partial charge on any atom is 0.361 e. The molecular formula is C6H10N2O6P2. The standard InChI is InChI=1S/C6H10N2O6P2/c9-15(10,11)5-16(12,13)14-8-6-3-1-2-4-7-6/h1-4H,5H2,(H,7,8)(H,12,13)(H2,9,10,11). The van der Waals surface area contributed by atoms with Gasteiger partial charge in [-0.1, -0.05) is 6.07 Å². The summed E-state index contributed by atoms with van der Waals surface area (Å²) in [6.07, 6.45) is 1.41. The Morgan fingerprint density at radius 3 is 2.50 bits per heavy atom. The van der Waals surface area contributed by atoms with Gasteiger partial charge in [-0.2, -0.15) is 4.62 Å². The molecule has 0 bridgehead atoms. The first kappa shape index (κ1) is 13.3. The first-order chi connectivity index (χ1) is 7.29. The van der Waals surface area contributed by atoms with Crippen molar-refractivity contribution >= 4 is 21.0 Å². The third-order valence-corrected chi connectivity index (χ3v) is 4.60. The lowest BCUT2D eigenvalue weighted by Crippen LogP contribution is -2.03. The first-order valence-corrected chi connectivity index (χ1v) is 7.57. The molecule has 8 nitrogen and oxygen atoms in total. The van der Waals surface area contributed by atoms with Crippen LogP contribution in [0.15, 0.2) is 24.4 Å². The predicted molar refractivity (Wildman–Crippen MR) is 55.7 cm³/mol. The molecule has 0 radical (unpaired) electrons. The SMILES string of the molecule is O=P(O)(O)CP(=O)(O)ONc1ccccn1. The maximum absolute atomic E-state index is 11.2. The monoisotopic (exact) mass is 268 g/mol. The Bertz CT molecular complexity index is 432. The van der Waals surface area contributed by atoms with E-state index in [2.05, 4.69) is 9.61 Å². The molecule has 0 amide bonds. The van der Waals surface area contributed by atoms with Crippen LogP contribution in [0.3, 0.4) is 0 Å². The second kappa shape index (κ2) is 5.05. The summed E-state index contributed by atoms with van der Waals surface area (Å²) >= 11 is 0. The molecule has 1 unspecified atom stereocenters. The average molecular weight is 268 g/mol. The third kappa shape index (κ3) is 5.37. The van der Waals surface area contributed by atoms with Gasteiger partial charge >= 0.3 is 15.2 Å². The number of aromatic nitrogens is 1. The highest BCUT2D eigenvalue weighted by Crippen LogP contribution is 2.55. The van der Waals surface area contributed by atoms with Gasteiger partial charge in [0, 0.05) is 6.20 Å². The van der Waals surface area contributed by atoms with Gasteiger partial charge in [-0.3, -0.25) is 9.13 Å². The van der Waals surface area contributed by atoms with Gasteiger partial charge in [0.2, 0.25) is 0 Å². The molecule has 1 rings (SSSR count). The number of nitrogens with zero attached hydrogens (tertiary/aromatic N) is 1. The lowest BCUT2D eigenvalue weighted by molar-refractivity contribution is 0.309. The zero-order valence-electron chi connectivity index (χ0n) is 7.92. The van der Waals surface area contributed by atoms with E-state index in [1.165, 1.54) is 12.3 Å². The van der Waals surface area contributed by atoms with Crippen molar-refractivity contribution in [1.82, 2.24) is 4.98 Å². The normalized spacial score (nSPS) is 15.4. The summed E-state index contributed by atoms with van der Waals surface area (Å²) in [5.41, 5.74) is 2.04. The minimum Gasteiger partial charge on any atom is -0.324 e. The van der Waals surface area contributed by atoms with Crippen LogP contribution in [0, 0.1) is 0 Å². The molecule has 0 aliphatic rings. The number of rotatable bonds is 5. The van der Waals surface area contributed by atoms with Gasteiger partial charge in [0.15, 0.2) is 5.90 Å². The Morgan fingerprint density at radius 1 is 1.31 bits per heavy atom. The molecule has 10 heteroatoms. The van der Waals surface area contributed by atoms with E-state index in [0.29, 0.717) is 0 Å². The number of anilines is 1. The molecule has 0 aromatic carbocycles. The van der Waals surface area contributed by atoms with E-state index in [4.69, 9.17) is 14.7 Å². The summed E-state index contributed by atoms with van der Waals surface area (Å²) in [6.45, 7) is 0. The smallest absolute Gasteiger partial charge is 0.324 e. The molecule has 0 aliphatic carbocycles. The molecule has 0 spiro atoms. The number of hydrogen-bond donors (Lipinski definition) is 4. The molecule has 90 valence electrons.